The second-order valence-electron chi connectivity index (χ2n) is 11.7. The van der Waals surface area contributed by atoms with E-state index in [9.17, 15) is 0 Å². The molecule has 1 radical (unpaired) electrons. The average molecular weight is 733 g/mol. The first-order valence-electron chi connectivity index (χ1n) is 14.2. The van der Waals surface area contributed by atoms with Crippen LogP contribution in [0.1, 0.15) is 43.4 Å². The quantitative estimate of drug-likeness (QED) is 0.123. The van der Waals surface area contributed by atoms with Gasteiger partial charge in [0.2, 0.25) is 0 Å². The summed E-state index contributed by atoms with van der Waals surface area (Å²) in [4.78, 5) is 9.14. The minimum absolute atomic E-state index is 0. The van der Waals surface area contributed by atoms with Crippen molar-refractivity contribution in [2.75, 3.05) is 0 Å². The van der Waals surface area contributed by atoms with Crippen molar-refractivity contribution in [2.24, 2.45) is 5.92 Å². The first kappa shape index (κ1) is 32.3. The van der Waals surface area contributed by atoms with Crippen LogP contribution in [0.3, 0.4) is 0 Å². The summed E-state index contributed by atoms with van der Waals surface area (Å²) in [5.41, 5.74) is 8.21. The SMILES string of the molecule is CC(C)Cc1cc(-c2[c-]cccc2)ncc1[Si](C)(C)C.CC(c1ccccc1)c1ccnc(-c2[c-]cccc2)c1.[Ir]. The van der Waals surface area contributed by atoms with Gasteiger partial charge in [0.15, 0.2) is 0 Å². The van der Waals surface area contributed by atoms with Crippen LogP contribution in [0, 0.1) is 18.1 Å². The molecule has 2 nitrogen and oxygen atoms in total. The van der Waals surface area contributed by atoms with Gasteiger partial charge in [0.05, 0.1) is 8.07 Å². The third-order valence-electron chi connectivity index (χ3n) is 6.98. The topological polar surface area (TPSA) is 25.8 Å². The largest absolute Gasteiger partial charge is 0.305 e. The second-order valence-corrected chi connectivity index (χ2v) is 16.8. The van der Waals surface area contributed by atoms with Crippen molar-refractivity contribution >= 4 is 13.3 Å². The van der Waals surface area contributed by atoms with Gasteiger partial charge in [0.1, 0.15) is 0 Å². The summed E-state index contributed by atoms with van der Waals surface area (Å²) in [5, 5.41) is 1.49. The minimum Gasteiger partial charge on any atom is -0.305 e. The summed E-state index contributed by atoms with van der Waals surface area (Å²) < 4.78 is 0. The zero-order valence-electron chi connectivity index (χ0n) is 25.0. The predicted molar refractivity (Wildman–Crippen MR) is 172 cm³/mol. The molecule has 4 heteroatoms. The third kappa shape index (κ3) is 9.16. The molecule has 41 heavy (non-hydrogen) atoms. The monoisotopic (exact) mass is 733 g/mol. The molecule has 0 amide bonds. The average Bonchev–Trinajstić information content (AvgIpc) is 2.97. The molecule has 0 fully saturated rings. The summed E-state index contributed by atoms with van der Waals surface area (Å²) in [7, 11) is -1.34. The van der Waals surface area contributed by atoms with Gasteiger partial charge in [-0.2, -0.15) is 0 Å². The molecule has 0 aliphatic heterocycles. The van der Waals surface area contributed by atoms with Gasteiger partial charge in [0.25, 0.3) is 0 Å². The number of hydrogen-bond donors (Lipinski definition) is 0. The van der Waals surface area contributed by atoms with Crippen molar-refractivity contribution in [3.8, 4) is 22.5 Å². The van der Waals surface area contributed by atoms with E-state index >= 15 is 0 Å². The Morgan fingerprint density at radius 1 is 0.683 bits per heavy atom. The summed E-state index contributed by atoms with van der Waals surface area (Å²) in [5.74, 6) is 1.03. The van der Waals surface area contributed by atoms with Crippen LogP contribution in [0.15, 0.2) is 109 Å². The predicted octanol–water partition coefficient (Wildman–Crippen LogP) is 8.99. The van der Waals surface area contributed by atoms with E-state index in [1.165, 1.54) is 21.9 Å². The maximum atomic E-state index is 4.69. The van der Waals surface area contributed by atoms with Crippen LogP contribution in [-0.2, 0) is 26.5 Å². The molecule has 0 bridgehead atoms. The zero-order valence-corrected chi connectivity index (χ0v) is 28.4. The van der Waals surface area contributed by atoms with E-state index in [4.69, 9.17) is 0 Å². The fraction of sp³-hybridized carbons (Fsp3) is 0.243. The number of hydrogen-bond acceptors (Lipinski definition) is 2. The molecule has 0 N–H and O–H groups in total. The van der Waals surface area contributed by atoms with Crippen LogP contribution in [0.2, 0.25) is 19.6 Å². The Morgan fingerprint density at radius 2 is 1.27 bits per heavy atom. The van der Waals surface area contributed by atoms with E-state index in [1.807, 2.05) is 54.7 Å². The molecule has 2 heterocycles. The van der Waals surface area contributed by atoms with E-state index in [0.717, 1.165) is 28.9 Å². The standard InChI is InChI=1S/C19H16N.C18H24NSi.Ir/c1-15(16-8-4-2-5-9-16)18-12-13-20-19(14-18)17-10-6-3-7-11-17;1-14(2)11-16-12-17(15-9-7-6-8-10-15)19-13-18(16)20(3,4)5;/h2-10,12-15H,1H3;6-9,12-14H,11H2,1-5H3;/q2*-1;. The van der Waals surface area contributed by atoms with Crippen molar-refractivity contribution in [3.63, 3.8) is 0 Å². The molecule has 5 rings (SSSR count). The number of nitrogens with zero attached hydrogens (tertiary/aromatic N) is 2. The molecular formula is C37H40IrN2Si-2. The Kier molecular flexibility index (Phi) is 12.0. The van der Waals surface area contributed by atoms with Gasteiger partial charge in [-0.05, 0) is 46.1 Å². The fourth-order valence-corrected chi connectivity index (χ4v) is 6.42. The molecule has 2 aromatic heterocycles. The van der Waals surface area contributed by atoms with Crippen molar-refractivity contribution in [2.45, 2.75) is 52.8 Å². The molecule has 0 aliphatic rings. The molecule has 0 saturated carbocycles. The van der Waals surface area contributed by atoms with Crippen LogP contribution < -0.4 is 5.19 Å². The van der Waals surface area contributed by atoms with E-state index < -0.39 is 8.07 Å². The molecular weight excluding hydrogens is 693 g/mol. The summed E-state index contributed by atoms with van der Waals surface area (Å²) in [6.45, 7) is 14.0. The van der Waals surface area contributed by atoms with Crippen LogP contribution in [0.5, 0.6) is 0 Å². The van der Waals surface area contributed by atoms with Gasteiger partial charge in [-0.3, -0.25) is 0 Å². The fourth-order valence-electron chi connectivity index (χ4n) is 4.83. The van der Waals surface area contributed by atoms with E-state index in [2.05, 4.69) is 117 Å². The number of rotatable bonds is 7. The van der Waals surface area contributed by atoms with Crippen molar-refractivity contribution in [1.82, 2.24) is 9.97 Å². The van der Waals surface area contributed by atoms with E-state index in [-0.39, 0.29) is 20.1 Å². The Labute approximate surface area is 261 Å². The van der Waals surface area contributed by atoms with Gasteiger partial charge in [-0.15, -0.1) is 71.8 Å². The Balaban J connectivity index is 0.000000220. The Bertz CT molecular complexity index is 1480. The normalized spacial score (nSPS) is 11.7. The molecule has 0 spiro atoms. The van der Waals surface area contributed by atoms with Crippen molar-refractivity contribution < 1.29 is 20.1 Å². The molecule has 0 saturated heterocycles. The third-order valence-corrected chi connectivity index (χ3v) is 9.05. The summed E-state index contributed by atoms with van der Waals surface area (Å²) in [6.07, 6.45) is 5.12. The number of benzene rings is 3. The zero-order chi connectivity index (χ0) is 28.5. The van der Waals surface area contributed by atoms with Crippen molar-refractivity contribution in [1.29, 1.82) is 0 Å². The molecule has 0 aliphatic carbocycles. The van der Waals surface area contributed by atoms with Crippen LogP contribution in [-0.4, -0.2) is 18.0 Å². The Morgan fingerprint density at radius 3 is 1.80 bits per heavy atom. The number of pyridine rings is 2. The number of aromatic nitrogens is 2. The van der Waals surface area contributed by atoms with Gasteiger partial charge >= 0.3 is 0 Å². The Hall–Kier alpha value is -3.17. The maximum Gasteiger partial charge on any atom is 0.0798 e. The van der Waals surface area contributed by atoms with Gasteiger partial charge in [-0.1, -0.05) is 88.4 Å². The first-order valence-corrected chi connectivity index (χ1v) is 17.7. The van der Waals surface area contributed by atoms with Crippen LogP contribution in [0.4, 0.5) is 0 Å². The van der Waals surface area contributed by atoms with Crippen LogP contribution in [0.25, 0.3) is 22.5 Å². The molecule has 3 aromatic carbocycles. The molecule has 213 valence electrons. The smallest absolute Gasteiger partial charge is 0.0798 e. The van der Waals surface area contributed by atoms with Gasteiger partial charge in [-0.25, -0.2) is 0 Å². The summed E-state index contributed by atoms with van der Waals surface area (Å²) in [6, 6.07) is 39.6. The summed E-state index contributed by atoms with van der Waals surface area (Å²) >= 11 is 0. The van der Waals surface area contributed by atoms with E-state index in [0.29, 0.717) is 11.8 Å². The first-order chi connectivity index (χ1) is 19.2. The van der Waals surface area contributed by atoms with Gasteiger partial charge < -0.3 is 9.97 Å². The molecule has 1 unspecified atom stereocenters. The van der Waals surface area contributed by atoms with Gasteiger partial charge in [0, 0.05) is 38.4 Å². The van der Waals surface area contributed by atoms with E-state index in [1.54, 1.807) is 0 Å². The molecule has 5 aromatic rings. The minimum atomic E-state index is -1.34. The van der Waals surface area contributed by atoms with Crippen molar-refractivity contribution in [3.05, 3.63) is 138 Å². The maximum absolute atomic E-state index is 4.69. The second kappa shape index (κ2) is 15.2. The van der Waals surface area contributed by atoms with Crippen LogP contribution >= 0.6 is 0 Å². The molecule has 1 atom stereocenters.